The number of hydrogen-bond donors (Lipinski definition) is 3. The summed E-state index contributed by atoms with van der Waals surface area (Å²) in [5.74, 6) is 5.24. The second kappa shape index (κ2) is 6.57. The Morgan fingerprint density at radius 1 is 1.42 bits per heavy atom. The van der Waals surface area contributed by atoms with Crippen LogP contribution in [-0.4, -0.2) is 11.0 Å². The van der Waals surface area contributed by atoms with Crippen LogP contribution < -0.4 is 11.3 Å². The number of phenols is 1. The average molecular weight is 264 g/mol. The summed E-state index contributed by atoms with van der Waals surface area (Å²) in [6.07, 6.45) is 2.93. The Kier molecular flexibility index (Phi) is 5.36. The normalized spacial score (nSPS) is 11.4. The summed E-state index contributed by atoms with van der Waals surface area (Å²) in [6.45, 7) is 6.35. The molecule has 4 N–H and O–H groups in total. The molecule has 4 heteroatoms. The lowest BCUT2D eigenvalue weighted by Crippen LogP contribution is -2.29. The van der Waals surface area contributed by atoms with E-state index < -0.39 is 0 Å². The Morgan fingerprint density at radius 3 is 2.68 bits per heavy atom. The van der Waals surface area contributed by atoms with Crippen molar-refractivity contribution >= 4 is 5.91 Å². The topological polar surface area (TPSA) is 75.4 Å². The SMILES string of the molecule is CCC(C)(C)c1cc(CCCC(=O)NN)ccc1O. The van der Waals surface area contributed by atoms with Crippen LogP contribution in [0.4, 0.5) is 0 Å². The van der Waals surface area contributed by atoms with E-state index in [2.05, 4.69) is 26.2 Å². The average Bonchev–Trinajstić information content (AvgIpc) is 2.40. The summed E-state index contributed by atoms with van der Waals surface area (Å²) in [5, 5.41) is 9.97. The smallest absolute Gasteiger partial charge is 0.233 e. The highest BCUT2D eigenvalue weighted by molar-refractivity contribution is 5.75. The van der Waals surface area contributed by atoms with E-state index in [-0.39, 0.29) is 11.3 Å². The molecule has 0 aromatic heterocycles. The summed E-state index contributed by atoms with van der Waals surface area (Å²) in [5.41, 5.74) is 4.19. The number of carbonyl (C=O) groups is 1. The fraction of sp³-hybridized carbons (Fsp3) is 0.533. The summed E-state index contributed by atoms with van der Waals surface area (Å²) in [6, 6.07) is 5.69. The van der Waals surface area contributed by atoms with E-state index in [1.54, 1.807) is 6.07 Å². The number of aryl methyl sites for hydroxylation is 1. The van der Waals surface area contributed by atoms with Gasteiger partial charge in [-0.15, -0.1) is 0 Å². The van der Waals surface area contributed by atoms with E-state index >= 15 is 0 Å². The minimum Gasteiger partial charge on any atom is -0.508 e. The van der Waals surface area contributed by atoms with Gasteiger partial charge in [-0.3, -0.25) is 10.2 Å². The van der Waals surface area contributed by atoms with Crippen LogP contribution in [-0.2, 0) is 16.6 Å². The van der Waals surface area contributed by atoms with Crippen LogP contribution in [0.15, 0.2) is 18.2 Å². The number of amides is 1. The Balaban J connectivity index is 2.77. The summed E-state index contributed by atoms with van der Waals surface area (Å²) in [7, 11) is 0. The lowest BCUT2D eigenvalue weighted by atomic mass is 9.80. The van der Waals surface area contributed by atoms with Gasteiger partial charge in [0.25, 0.3) is 0 Å². The van der Waals surface area contributed by atoms with Crippen molar-refractivity contribution in [3.05, 3.63) is 29.3 Å². The zero-order valence-corrected chi connectivity index (χ0v) is 12.0. The molecule has 0 aliphatic rings. The third-order valence-corrected chi connectivity index (χ3v) is 3.70. The fourth-order valence-corrected chi connectivity index (χ4v) is 2.00. The molecule has 1 aromatic carbocycles. The van der Waals surface area contributed by atoms with Gasteiger partial charge in [0.1, 0.15) is 5.75 Å². The maximum absolute atomic E-state index is 11.1. The van der Waals surface area contributed by atoms with Gasteiger partial charge >= 0.3 is 0 Å². The molecule has 106 valence electrons. The minimum absolute atomic E-state index is 0.0469. The van der Waals surface area contributed by atoms with Crippen molar-refractivity contribution in [2.75, 3.05) is 0 Å². The second-order valence-corrected chi connectivity index (χ2v) is 5.51. The van der Waals surface area contributed by atoms with Crippen molar-refractivity contribution in [1.29, 1.82) is 0 Å². The molecule has 0 unspecified atom stereocenters. The summed E-state index contributed by atoms with van der Waals surface area (Å²) < 4.78 is 0. The zero-order chi connectivity index (χ0) is 14.5. The number of carbonyl (C=O) groups excluding carboxylic acids is 1. The van der Waals surface area contributed by atoms with Crippen LogP contribution in [0.5, 0.6) is 5.75 Å². The number of phenolic OH excluding ortho intramolecular Hbond substituents is 1. The number of nitrogens with two attached hydrogens (primary N) is 1. The molecule has 0 aliphatic heterocycles. The molecule has 0 radical (unpaired) electrons. The van der Waals surface area contributed by atoms with Gasteiger partial charge in [0.2, 0.25) is 5.91 Å². The quantitative estimate of drug-likeness (QED) is 0.419. The number of hydrazine groups is 1. The number of rotatable bonds is 6. The van der Waals surface area contributed by atoms with Gasteiger partial charge in [0.05, 0.1) is 0 Å². The lowest BCUT2D eigenvalue weighted by molar-refractivity contribution is -0.121. The molecule has 19 heavy (non-hydrogen) atoms. The highest BCUT2D eigenvalue weighted by atomic mass is 16.3. The molecule has 0 saturated carbocycles. The van der Waals surface area contributed by atoms with E-state index in [1.807, 2.05) is 12.1 Å². The van der Waals surface area contributed by atoms with Crippen molar-refractivity contribution < 1.29 is 9.90 Å². The largest absolute Gasteiger partial charge is 0.508 e. The molecular formula is C15H24N2O2. The molecule has 0 bridgehead atoms. The van der Waals surface area contributed by atoms with E-state index in [0.29, 0.717) is 12.2 Å². The molecule has 0 atom stereocenters. The van der Waals surface area contributed by atoms with Crippen LogP contribution in [0.2, 0.25) is 0 Å². The first kappa shape index (κ1) is 15.5. The van der Waals surface area contributed by atoms with Crippen LogP contribution in [0.25, 0.3) is 0 Å². The number of nitrogens with one attached hydrogen (secondary N) is 1. The minimum atomic E-state index is -0.145. The molecule has 0 heterocycles. The maximum Gasteiger partial charge on any atom is 0.233 e. The number of benzene rings is 1. The molecule has 4 nitrogen and oxygen atoms in total. The van der Waals surface area contributed by atoms with Crippen LogP contribution >= 0.6 is 0 Å². The first-order chi connectivity index (χ1) is 8.90. The monoisotopic (exact) mass is 264 g/mol. The van der Waals surface area contributed by atoms with Crippen molar-refractivity contribution in [2.24, 2.45) is 5.84 Å². The zero-order valence-electron chi connectivity index (χ0n) is 12.0. The summed E-state index contributed by atoms with van der Waals surface area (Å²) in [4.78, 5) is 11.1. The molecule has 1 amide bonds. The van der Waals surface area contributed by atoms with Gasteiger partial charge in [-0.1, -0.05) is 32.9 Å². The first-order valence-electron chi connectivity index (χ1n) is 6.72. The van der Waals surface area contributed by atoms with Crippen LogP contribution in [0.1, 0.15) is 51.2 Å². The molecular weight excluding hydrogens is 240 g/mol. The number of hydrogen-bond acceptors (Lipinski definition) is 3. The van der Waals surface area contributed by atoms with Gasteiger partial charge in [-0.25, -0.2) is 5.84 Å². The van der Waals surface area contributed by atoms with Crippen molar-refractivity contribution in [3.8, 4) is 5.75 Å². The van der Waals surface area contributed by atoms with Crippen LogP contribution in [0, 0.1) is 0 Å². The molecule has 1 aromatic rings. The Labute approximate surface area is 115 Å². The van der Waals surface area contributed by atoms with Crippen molar-refractivity contribution in [3.63, 3.8) is 0 Å². The van der Waals surface area contributed by atoms with Crippen LogP contribution in [0.3, 0.4) is 0 Å². The third kappa shape index (κ3) is 4.24. The van der Waals surface area contributed by atoms with Gasteiger partial charge in [0.15, 0.2) is 0 Å². The van der Waals surface area contributed by atoms with E-state index in [4.69, 9.17) is 5.84 Å². The predicted octanol–water partition coefficient (Wildman–Crippen LogP) is 2.39. The molecule has 0 aliphatic carbocycles. The highest BCUT2D eigenvalue weighted by Crippen LogP contribution is 2.34. The van der Waals surface area contributed by atoms with E-state index in [1.165, 1.54) is 0 Å². The highest BCUT2D eigenvalue weighted by Gasteiger charge is 2.21. The third-order valence-electron chi connectivity index (χ3n) is 3.70. The number of aromatic hydroxyl groups is 1. The second-order valence-electron chi connectivity index (χ2n) is 5.51. The lowest BCUT2D eigenvalue weighted by Gasteiger charge is -2.25. The Hall–Kier alpha value is -1.55. The fourth-order valence-electron chi connectivity index (χ4n) is 2.00. The standard InChI is InChI=1S/C15H24N2O2/c1-4-15(2,3)12-10-11(8-9-13(12)18)6-5-7-14(19)17-16/h8-10,18H,4-7,16H2,1-3H3,(H,17,19). The molecule has 0 saturated heterocycles. The Morgan fingerprint density at radius 2 is 2.11 bits per heavy atom. The first-order valence-corrected chi connectivity index (χ1v) is 6.72. The summed E-state index contributed by atoms with van der Waals surface area (Å²) >= 11 is 0. The van der Waals surface area contributed by atoms with E-state index in [0.717, 1.165) is 30.4 Å². The molecule has 0 fully saturated rings. The van der Waals surface area contributed by atoms with Crippen molar-refractivity contribution in [1.82, 2.24) is 5.43 Å². The van der Waals surface area contributed by atoms with Gasteiger partial charge in [-0.2, -0.15) is 0 Å². The van der Waals surface area contributed by atoms with Gasteiger partial charge in [-0.05, 0) is 41.9 Å². The van der Waals surface area contributed by atoms with Gasteiger partial charge < -0.3 is 5.11 Å². The maximum atomic E-state index is 11.1. The predicted molar refractivity (Wildman–Crippen MR) is 76.7 cm³/mol. The Bertz CT molecular complexity index is 442. The van der Waals surface area contributed by atoms with E-state index in [9.17, 15) is 9.90 Å². The van der Waals surface area contributed by atoms with Crippen molar-refractivity contribution in [2.45, 2.75) is 51.9 Å². The van der Waals surface area contributed by atoms with Gasteiger partial charge in [0, 0.05) is 6.42 Å². The molecule has 0 spiro atoms. The molecule has 1 rings (SSSR count).